The highest BCUT2D eigenvalue weighted by molar-refractivity contribution is 7.25. The van der Waals surface area contributed by atoms with Gasteiger partial charge < -0.3 is 23.1 Å². The largest absolute Gasteiger partial charge is 0.456 e. The molecule has 0 saturated heterocycles. The van der Waals surface area contributed by atoms with Crippen LogP contribution in [0.3, 0.4) is 0 Å². The normalized spacial score (nSPS) is 11.9. The number of para-hydroxylation sites is 3. The lowest BCUT2D eigenvalue weighted by Gasteiger charge is -2.25. The molecule has 0 aliphatic rings. The van der Waals surface area contributed by atoms with Gasteiger partial charge in [0.1, 0.15) is 22.3 Å². The van der Waals surface area contributed by atoms with Gasteiger partial charge in [0.25, 0.3) is 5.78 Å². The summed E-state index contributed by atoms with van der Waals surface area (Å²) < 4.78 is 21.7. The Hall–Kier alpha value is -7.28. The van der Waals surface area contributed by atoms with Crippen LogP contribution in [-0.2, 0) is 0 Å². The lowest BCUT2D eigenvalue weighted by molar-refractivity contribution is 0.524. The number of hydrogen-bond acceptors (Lipinski definition) is 6. The Morgan fingerprint density at radius 2 is 0.821 bits per heavy atom. The third-order valence-electron chi connectivity index (χ3n) is 10.9. The molecule has 0 aliphatic carbocycles. The van der Waals surface area contributed by atoms with Crippen LogP contribution in [0.1, 0.15) is 0 Å². The van der Waals surface area contributed by atoms with Gasteiger partial charge in [0.05, 0.1) is 5.39 Å². The number of furan rings is 3. The minimum absolute atomic E-state index is 0.514. The van der Waals surface area contributed by atoms with Crippen LogP contribution in [0, 0.1) is 0 Å². The van der Waals surface area contributed by atoms with E-state index in [1.54, 1.807) is 0 Å². The lowest BCUT2D eigenvalue weighted by Crippen LogP contribution is -2.09. The van der Waals surface area contributed by atoms with Crippen LogP contribution in [0.4, 0.5) is 34.1 Å². The van der Waals surface area contributed by atoms with Crippen molar-refractivity contribution in [2.24, 2.45) is 0 Å². The zero-order chi connectivity index (χ0) is 36.7. The van der Waals surface area contributed by atoms with Crippen LogP contribution in [0.5, 0.6) is 0 Å². The van der Waals surface area contributed by atoms with Crippen molar-refractivity contribution in [3.63, 3.8) is 0 Å². The summed E-state index contributed by atoms with van der Waals surface area (Å²) in [6, 6.07) is 63.8. The van der Waals surface area contributed by atoms with Crippen molar-refractivity contribution in [2.75, 3.05) is 9.80 Å². The molecule has 8 aromatic carbocycles. The Morgan fingerprint density at radius 3 is 1.57 bits per heavy atom. The molecule has 0 N–H and O–H groups in total. The van der Waals surface area contributed by atoms with Gasteiger partial charge in [-0.15, -0.1) is 11.3 Å². The topological polar surface area (TPSA) is 45.9 Å². The second kappa shape index (κ2) is 12.1. The molecule has 0 aliphatic heterocycles. The van der Waals surface area contributed by atoms with Crippen LogP contribution in [0.2, 0.25) is 0 Å². The molecule has 4 aromatic heterocycles. The highest BCUT2D eigenvalue weighted by Gasteiger charge is 2.22. The van der Waals surface area contributed by atoms with E-state index < -0.39 is 0 Å². The fourth-order valence-corrected chi connectivity index (χ4v) is 9.46. The highest BCUT2D eigenvalue weighted by atomic mass is 32.1. The molecule has 0 radical (unpaired) electrons. The van der Waals surface area contributed by atoms with Crippen LogP contribution in [-0.4, -0.2) is 0 Å². The van der Waals surface area contributed by atoms with Gasteiger partial charge in [-0.05, 0) is 97.1 Å². The van der Waals surface area contributed by atoms with E-state index in [0.717, 1.165) is 83.4 Å². The molecule has 5 nitrogen and oxygen atoms in total. The van der Waals surface area contributed by atoms with E-state index in [2.05, 4.69) is 174 Å². The summed E-state index contributed by atoms with van der Waals surface area (Å²) in [6.07, 6.45) is 0. The van der Waals surface area contributed by atoms with Gasteiger partial charge in [-0.3, -0.25) is 0 Å². The molecule has 0 atom stereocenters. The van der Waals surface area contributed by atoms with Crippen molar-refractivity contribution in [3.05, 3.63) is 182 Å². The van der Waals surface area contributed by atoms with Crippen LogP contribution >= 0.6 is 11.3 Å². The Kier molecular flexibility index (Phi) is 6.73. The number of benzene rings is 8. The van der Waals surface area contributed by atoms with Crippen LogP contribution in [0.25, 0.3) is 75.2 Å². The highest BCUT2D eigenvalue weighted by Crippen LogP contribution is 2.45. The van der Waals surface area contributed by atoms with Crippen molar-refractivity contribution < 1.29 is 13.3 Å². The van der Waals surface area contributed by atoms with E-state index in [0.29, 0.717) is 5.78 Å². The summed E-state index contributed by atoms with van der Waals surface area (Å²) in [6.45, 7) is 0. The molecule has 0 amide bonds. The third kappa shape index (κ3) is 4.79. The van der Waals surface area contributed by atoms with Crippen LogP contribution < -0.4 is 9.80 Å². The van der Waals surface area contributed by atoms with E-state index in [-0.39, 0.29) is 0 Å². The predicted octanol–water partition coefficient (Wildman–Crippen LogP) is 15.5. The average Bonchev–Trinajstić information content (AvgIpc) is 4.00. The number of thiophene rings is 1. The monoisotopic (exact) mass is 738 g/mol. The molecule has 12 aromatic rings. The summed E-state index contributed by atoms with van der Waals surface area (Å²) in [5.41, 5.74) is 9.54. The van der Waals surface area contributed by atoms with Gasteiger partial charge in [0.15, 0.2) is 0 Å². The molecule has 0 fully saturated rings. The first-order valence-electron chi connectivity index (χ1n) is 18.7. The van der Waals surface area contributed by atoms with E-state index in [4.69, 9.17) is 13.3 Å². The zero-order valence-electron chi connectivity index (χ0n) is 29.8. The van der Waals surface area contributed by atoms with E-state index in [1.807, 2.05) is 29.5 Å². The van der Waals surface area contributed by atoms with Gasteiger partial charge >= 0.3 is 0 Å². The first-order valence-corrected chi connectivity index (χ1v) is 19.5. The van der Waals surface area contributed by atoms with Gasteiger partial charge in [-0.2, -0.15) is 0 Å². The second-order valence-electron chi connectivity index (χ2n) is 14.1. The predicted molar refractivity (Wildman–Crippen MR) is 233 cm³/mol. The molecule has 0 unspecified atom stereocenters. The number of nitrogens with zero attached hydrogens (tertiary/aromatic N) is 2. The number of rotatable bonds is 6. The van der Waals surface area contributed by atoms with Crippen molar-refractivity contribution >= 4 is 121 Å². The second-order valence-corrected chi connectivity index (χ2v) is 15.2. The smallest absolute Gasteiger partial charge is 0.299 e. The van der Waals surface area contributed by atoms with Crippen LogP contribution in [0.15, 0.2) is 195 Å². The van der Waals surface area contributed by atoms with Crippen molar-refractivity contribution in [2.45, 2.75) is 0 Å². The van der Waals surface area contributed by atoms with Crippen molar-refractivity contribution in [1.29, 1.82) is 0 Å². The third-order valence-corrected chi connectivity index (χ3v) is 12.0. The maximum atomic E-state index is 6.54. The first-order chi connectivity index (χ1) is 27.7. The summed E-state index contributed by atoms with van der Waals surface area (Å²) in [5, 5.41) is 7.71. The number of anilines is 6. The van der Waals surface area contributed by atoms with Gasteiger partial charge in [0, 0.05) is 81.9 Å². The quantitative estimate of drug-likeness (QED) is 0.170. The fourth-order valence-electron chi connectivity index (χ4n) is 8.33. The Labute approximate surface area is 324 Å². The van der Waals surface area contributed by atoms with Crippen molar-refractivity contribution in [3.8, 4) is 0 Å². The van der Waals surface area contributed by atoms with E-state index in [1.165, 1.54) is 20.2 Å². The lowest BCUT2D eigenvalue weighted by atomic mass is 10.1. The molecular formula is C50H30N2O3S. The van der Waals surface area contributed by atoms with Crippen molar-refractivity contribution in [1.82, 2.24) is 0 Å². The standard InChI is InChI=1S/C50H30N2O3S/c1-3-11-31(12-4-1)51(33-21-25-44-41(27-33)37-15-7-9-17-43(37)53-44)35-20-24-40-46(29-35)55-50-49(40)42-28-34(22-26-45(42)54-50)52(32-13-5-2-6-14-32)36-19-23-39-38-16-8-10-18-47(38)56-48(39)30-36/h1-30H. The maximum absolute atomic E-state index is 6.54. The number of fused-ring (bicyclic) bond motifs is 11. The molecule has 12 rings (SSSR count). The summed E-state index contributed by atoms with van der Waals surface area (Å²) in [5.74, 6) is 0.514. The molecule has 0 spiro atoms. The molecule has 0 saturated carbocycles. The number of hydrogen-bond donors (Lipinski definition) is 0. The Balaban J connectivity index is 0.999. The zero-order valence-corrected chi connectivity index (χ0v) is 30.7. The molecule has 56 heavy (non-hydrogen) atoms. The molecule has 6 heteroatoms. The van der Waals surface area contributed by atoms with E-state index >= 15 is 0 Å². The summed E-state index contributed by atoms with van der Waals surface area (Å²) in [7, 11) is 0. The van der Waals surface area contributed by atoms with E-state index in [9.17, 15) is 0 Å². The maximum Gasteiger partial charge on any atom is 0.299 e. The minimum Gasteiger partial charge on any atom is -0.456 e. The van der Waals surface area contributed by atoms with Gasteiger partial charge in [-0.1, -0.05) is 78.9 Å². The Morgan fingerprint density at radius 1 is 0.304 bits per heavy atom. The average molecular weight is 739 g/mol. The minimum atomic E-state index is 0.514. The molecular weight excluding hydrogens is 709 g/mol. The SMILES string of the molecule is c1ccc(N(c2ccc3c(c2)oc2oc4ccc(N(c5ccccc5)c5ccc6c(c5)sc5ccccc56)cc4c23)c2ccc3oc4ccccc4c3c2)cc1. The van der Waals surface area contributed by atoms with Gasteiger partial charge in [-0.25, -0.2) is 0 Å². The molecule has 4 heterocycles. The van der Waals surface area contributed by atoms with Gasteiger partial charge in [0.2, 0.25) is 0 Å². The summed E-state index contributed by atoms with van der Waals surface area (Å²) in [4.78, 5) is 4.58. The molecule has 0 bridgehead atoms. The fraction of sp³-hybridized carbons (Fsp3) is 0. The Bertz CT molecular complexity index is 3450. The molecule has 264 valence electrons. The summed E-state index contributed by atoms with van der Waals surface area (Å²) >= 11 is 1.83. The first kappa shape index (κ1) is 31.1.